The van der Waals surface area contributed by atoms with Gasteiger partial charge in [0.25, 0.3) is 5.91 Å². The Kier molecular flexibility index (Phi) is 6.40. The number of nitrogens with one attached hydrogen (secondary N) is 1. The molecule has 2 aromatic rings. The molecule has 0 unspecified atom stereocenters. The van der Waals surface area contributed by atoms with Gasteiger partial charge in [-0.3, -0.25) is 14.4 Å². The van der Waals surface area contributed by atoms with Crippen molar-refractivity contribution in [3.8, 4) is 0 Å². The third-order valence-corrected chi connectivity index (χ3v) is 11.1. The Morgan fingerprint density at radius 1 is 0.878 bits per heavy atom. The zero-order chi connectivity index (χ0) is 28.4. The molecule has 6 aliphatic rings. The monoisotopic (exact) mass is 554 g/mol. The van der Waals surface area contributed by atoms with Gasteiger partial charge < -0.3 is 20.0 Å². The van der Waals surface area contributed by atoms with Crippen LogP contribution in [0.25, 0.3) is 0 Å². The first-order valence-corrected chi connectivity index (χ1v) is 15.5. The highest BCUT2D eigenvalue weighted by atomic mass is 16.2. The van der Waals surface area contributed by atoms with Crippen LogP contribution < -0.4 is 10.2 Å². The molecule has 1 N–H and O–H groups in total. The minimum atomic E-state index is -0.736. The molecule has 4 saturated carbocycles. The lowest BCUT2D eigenvalue weighted by Gasteiger charge is -2.57. The van der Waals surface area contributed by atoms with Crippen LogP contribution in [-0.2, 0) is 14.4 Å². The number of anilines is 2. The summed E-state index contributed by atoms with van der Waals surface area (Å²) in [6, 6.07) is 15.9. The third kappa shape index (κ3) is 4.52. The van der Waals surface area contributed by atoms with Crippen LogP contribution in [0.1, 0.15) is 62.5 Å². The number of likely N-dealkylation sites (tertiary alicyclic amines) is 1. The number of hydrogen-bond donors (Lipinski definition) is 1. The molecule has 6 fully saturated rings. The molecule has 1 spiro atoms. The van der Waals surface area contributed by atoms with Crippen molar-refractivity contribution in [1.82, 2.24) is 9.80 Å². The number of carbonyl (C=O) groups excluding carboxylic acids is 3. The van der Waals surface area contributed by atoms with Crippen LogP contribution in [0, 0.1) is 37.0 Å². The molecule has 216 valence electrons. The Balaban J connectivity index is 1.08. The quantitative estimate of drug-likeness (QED) is 0.557. The van der Waals surface area contributed by atoms with E-state index in [0.717, 1.165) is 54.0 Å². The number of benzene rings is 2. The van der Waals surface area contributed by atoms with Crippen molar-refractivity contribution >= 4 is 29.1 Å². The summed E-state index contributed by atoms with van der Waals surface area (Å²) in [5.41, 5.74) is 3.13. The van der Waals surface area contributed by atoms with E-state index in [1.807, 2.05) is 62.4 Å². The molecule has 0 radical (unpaired) electrons. The number of aryl methyl sites for hydroxylation is 2. The molecule has 3 amide bonds. The van der Waals surface area contributed by atoms with Crippen molar-refractivity contribution in [3.05, 3.63) is 59.7 Å². The maximum absolute atomic E-state index is 14.2. The Labute approximate surface area is 243 Å². The molecule has 2 aliphatic heterocycles. The maximum atomic E-state index is 14.2. The first-order valence-electron chi connectivity index (χ1n) is 15.5. The Morgan fingerprint density at radius 3 is 2.12 bits per heavy atom. The third-order valence-electron chi connectivity index (χ3n) is 11.1. The first-order chi connectivity index (χ1) is 19.7. The summed E-state index contributed by atoms with van der Waals surface area (Å²) in [6.45, 7) is 5.63. The summed E-state index contributed by atoms with van der Waals surface area (Å²) >= 11 is 0. The normalized spacial score (nSPS) is 29.9. The van der Waals surface area contributed by atoms with E-state index >= 15 is 0 Å². The minimum absolute atomic E-state index is 0.00140. The average Bonchev–Trinajstić information content (AvgIpc) is 3.21. The summed E-state index contributed by atoms with van der Waals surface area (Å²) < 4.78 is 0. The van der Waals surface area contributed by atoms with Crippen LogP contribution in [0.15, 0.2) is 48.5 Å². The van der Waals surface area contributed by atoms with Crippen LogP contribution in [0.4, 0.5) is 11.4 Å². The van der Waals surface area contributed by atoms with Gasteiger partial charge in [-0.15, -0.1) is 0 Å². The largest absolute Gasteiger partial charge is 0.342 e. The van der Waals surface area contributed by atoms with Crippen molar-refractivity contribution in [2.75, 3.05) is 36.5 Å². The Hall–Kier alpha value is -3.35. The molecule has 0 aromatic heterocycles. The molecule has 2 saturated heterocycles. The summed E-state index contributed by atoms with van der Waals surface area (Å²) in [4.78, 5) is 47.3. The van der Waals surface area contributed by atoms with Gasteiger partial charge in [0.2, 0.25) is 11.8 Å². The molecule has 41 heavy (non-hydrogen) atoms. The number of carbonyl (C=O) groups is 3. The van der Waals surface area contributed by atoms with Gasteiger partial charge in [0, 0.05) is 24.5 Å². The van der Waals surface area contributed by atoms with Crippen LogP contribution in [-0.4, -0.2) is 59.4 Å². The van der Waals surface area contributed by atoms with E-state index in [2.05, 4.69) is 15.1 Å². The molecule has 2 heterocycles. The van der Waals surface area contributed by atoms with E-state index < -0.39 is 5.54 Å². The number of rotatable bonds is 5. The lowest BCUT2D eigenvalue weighted by atomic mass is 9.49. The molecular weight excluding hydrogens is 512 g/mol. The van der Waals surface area contributed by atoms with Gasteiger partial charge in [-0.2, -0.15) is 0 Å². The van der Waals surface area contributed by atoms with E-state index in [1.165, 1.54) is 24.8 Å². The van der Waals surface area contributed by atoms with Crippen molar-refractivity contribution in [2.24, 2.45) is 23.2 Å². The summed E-state index contributed by atoms with van der Waals surface area (Å²) in [7, 11) is 0. The van der Waals surface area contributed by atoms with Crippen molar-refractivity contribution in [2.45, 2.75) is 70.8 Å². The summed E-state index contributed by atoms with van der Waals surface area (Å²) in [5, 5.41) is 2.98. The van der Waals surface area contributed by atoms with Gasteiger partial charge in [-0.1, -0.05) is 24.3 Å². The average molecular weight is 555 g/mol. The fourth-order valence-electron chi connectivity index (χ4n) is 9.30. The number of nitrogens with zero attached hydrogens (tertiary/aromatic N) is 3. The summed E-state index contributed by atoms with van der Waals surface area (Å²) in [6.07, 6.45) is 8.35. The molecular formula is C34H42N4O3. The van der Waals surface area contributed by atoms with Gasteiger partial charge >= 0.3 is 0 Å². The number of amides is 3. The fourth-order valence-corrected chi connectivity index (χ4v) is 9.30. The highest BCUT2D eigenvalue weighted by Gasteiger charge is 2.58. The van der Waals surface area contributed by atoms with E-state index in [1.54, 1.807) is 4.90 Å². The van der Waals surface area contributed by atoms with E-state index in [9.17, 15) is 14.4 Å². The number of para-hydroxylation sites is 1. The molecule has 4 aliphatic carbocycles. The molecule has 7 heteroatoms. The molecule has 2 aromatic carbocycles. The minimum Gasteiger partial charge on any atom is -0.342 e. The zero-order valence-electron chi connectivity index (χ0n) is 24.4. The van der Waals surface area contributed by atoms with Gasteiger partial charge in [-0.25, -0.2) is 0 Å². The van der Waals surface area contributed by atoms with Gasteiger partial charge in [-0.05, 0) is 118 Å². The Bertz CT molecular complexity index is 1330. The second-order valence-corrected chi connectivity index (χ2v) is 13.8. The van der Waals surface area contributed by atoms with Gasteiger partial charge in [0.15, 0.2) is 0 Å². The first kappa shape index (κ1) is 26.5. The van der Waals surface area contributed by atoms with E-state index in [0.29, 0.717) is 38.5 Å². The van der Waals surface area contributed by atoms with Crippen molar-refractivity contribution in [1.29, 1.82) is 0 Å². The Morgan fingerprint density at radius 2 is 1.51 bits per heavy atom. The predicted octanol–water partition coefficient (Wildman–Crippen LogP) is 5.13. The number of piperidine rings is 1. The lowest BCUT2D eigenvalue weighted by Crippen LogP contribution is -2.61. The number of hydrogen-bond acceptors (Lipinski definition) is 4. The van der Waals surface area contributed by atoms with Crippen molar-refractivity contribution < 1.29 is 14.4 Å². The lowest BCUT2D eigenvalue weighted by molar-refractivity contribution is -0.160. The van der Waals surface area contributed by atoms with Crippen molar-refractivity contribution in [3.63, 3.8) is 0 Å². The van der Waals surface area contributed by atoms with Crippen LogP contribution >= 0.6 is 0 Å². The van der Waals surface area contributed by atoms with Gasteiger partial charge in [0.05, 0.1) is 12.1 Å². The van der Waals surface area contributed by atoms with E-state index in [-0.39, 0.29) is 23.8 Å². The van der Waals surface area contributed by atoms with Gasteiger partial charge in [0.1, 0.15) is 12.1 Å². The van der Waals surface area contributed by atoms with E-state index in [4.69, 9.17) is 0 Å². The highest BCUT2D eigenvalue weighted by Crippen LogP contribution is 2.60. The summed E-state index contributed by atoms with van der Waals surface area (Å²) in [5.74, 6) is 2.35. The second kappa shape index (κ2) is 9.88. The van der Waals surface area contributed by atoms with Crippen LogP contribution in [0.5, 0.6) is 0 Å². The maximum Gasteiger partial charge on any atom is 0.250 e. The second-order valence-electron chi connectivity index (χ2n) is 13.8. The SMILES string of the molecule is Cc1ccc(NC(=O)CN2CN(c3ccccc3)C3(CCN(C(=O)C45CC6CC(CC(C6)C4)C5)CC3)C2=O)cc1C. The molecule has 4 bridgehead atoms. The predicted molar refractivity (Wildman–Crippen MR) is 159 cm³/mol. The highest BCUT2D eigenvalue weighted by molar-refractivity contribution is 5.99. The molecule has 8 rings (SSSR count). The topological polar surface area (TPSA) is 73.0 Å². The smallest absolute Gasteiger partial charge is 0.250 e. The van der Waals surface area contributed by atoms with Crippen LogP contribution in [0.3, 0.4) is 0 Å². The molecule has 0 atom stereocenters. The fraction of sp³-hybridized carbons (Fsp3) is 0.559. The molecule has 7 nitrogen and oxygen atoms in total. The standard InChI is InChI=1S/C34H42N4O3/c1-23-8-9-28(14-24(23)2)35-30(39)21-37-22-38(29-6-4-3-5-7-29)34(32(37)41)10-12-36(13-11-34)31(40)33-18-25-15-26(19-33)17-27(16-25)20-33/h3-9,14,25-27H,10-13,15-22H2,1-2H3,(H,35,39). The van der Waals surface area contributed by atoms with Crippen LogP contribution in [0.2, 0.25) is 0 Å². The zero-order valence-corrected chi connectivity index (χ0v) is 24.4.